The highest BCUT2D eigenvalue weighted by molar-refractivity contribution is 5.92. The van der Waals surface area contributed by atoms with Gasteiger partial charge in [-0.1, -0.05) is 25.1 Å². The Morgan fingerprint density at radius 1 is 1.45 bits per heavy atom. The molecule has 5 heteroatoms. The van der Waals surface area contributed by atoms with Crippen LogP contribution in [0.1, 0.15) is 34.8 Å². The molecule has 1 fully saturated rings. The summed E-state index contributed by atoms with van der Waals surface area (Å²) in [5, 5.41) is 0. The third kappa shape index (κ3) is 2.19. The first-order chi connectivity index (χ1) is 9.69. The van der Waals surface area contributed by atoms with Crippen LogP contribution in [0, 0.1) is 5.82 Å². The van der Waals surface area contributed by atoms with Gasteiger partial charge in [-0.15, -0.1) is 0 Å². The molecule has 1 amide bonds. The van der Waals surface area contributed by atoms with E-state index in [1.807, 2.05) is 13.0 Å². The average molecular weight is 274 g/mol. The number of rotatable bonds is 3. The van der Waals surface area contributed by atoms with Crippen molar-refractivity contribution in [3.8, 4) is 0 Å². The highest BCUT2D eigenvalue weighted by atomic mass is 19.1. The Morgan fingerprint density at radius 2 is 2.20 bits per heavy atom. The highest BCUT2D eigenvalue weighted by Gasteiger charge is 2.34. The highest BCUT2D eigenvalue weighted by Crippen LogP contribution is 2.29. The number of carbonyl (C=O) groups excluding carboxylic acids is 1. The van der Waals surface area contributed by atoms with E-state index < -0.39 is 0 Å². The summed E-state index contributed by atoms with van der Waals surface area (Å²) in [5.41, 5.74) is 1.000. The van der Waals surface area contributed by atoms with Gasteiger partial charge in [-0.3, -0.25) is 4.79 Å². The number of oxazole rings is 1. The molecule has 0 atom stereocenters. The van der Waals surface area contributed by atoms with Gasteiger partial charge >= 0.3 is 0 Å². The summed E-state index contributed by atoms with van der Waals surface area (Å²) < 4.78 is 18.8. The molecule has 1 saturated heterocycles. The minimum absolute atomic E-state index is 0.0673. The van der Waals surface area contributed by atoms with Gasteiger partial charge in [0.15, 0.2) is 11.6 Å². The lowest BCUT2D eigenvalue weighted by atomic mass is 9.91. The van der Waals surface area contributed by atoms with E-state index in [1.165, 1.54) is 12.3 Å². The molecule has 1 aliphatic heterocycles. The molecule has 0 saturated carbocycles. The molecule has 1 aromatic heterocycles. The molecular formula is C15H15FN2O2. The first-order valence-corrected chi connectivity index (χ1v) is 6.67. The topological polar surface area (TPSA) is 46.3 Å². The van der Waals surface area contributed by atoms with E-state index in [0.717, 1.165) is 0 Å². The number of aromatic nitrogens is 1. The minimum Gasteiger partial charge on any atom is -0.448 e. The van der Waals surface area contributed by atoms with E-state index in [2.05, 4.69) is 4.98 Å². The summed E-state index contributed by atoms with van der Waals surface area (Å²) in [6.07, 6.45) is 2.04. The number of aryl methyl sites for hydroxylation is 1. The van der Waals surface area contributed by atoms with Gasteiger partial charge in [0.05, 0.1) is 0 Å². The van der Waals surface area contributed by atoms with Crippen molar-refractivity contribution in [1.82, 2.24) is 9.88 Å². The lowest BCUT2D eigenvalue weighted by Crippen LogP contribution is -2.48. The number of likely N-dealkylation sites (tertiary alicyclic amines) is 1. The molecule has 2 aromatic rings. The SMILES string of the molecule is CCc1nc(C(=O)N2CC(c3ccccc3F)C2)co1. The van der Waals surface area contributed by atoms with E-state index in [9.17, 15) is 9.18 Å². The van der Waals surface area contributed by atoms with Crippen LogP contribution >= 0.6 is 0 Å². The summed E-state index contributed by atoms with van der Waals surface area (Å²) in [4.78, 5) is 17.9. The van der Waals surface area contributed by atoms with E-state index in [4.69, 9.17) is 4.42 Å². The van der Waals surface area contributed by atoms with Gasteiger partial charge in [0.1, 0.15) is 12.1 Å². The van der Waals surface area contributed by atoms with Crippen molar-refractivity contribution in [1.29, 1.82) is 0 Å². The molecule has 20 heavy (non-hydrogen) atoms. The first kappa shape index (κ1) is 12.8. The summed E-state index contributed by atoms with van der Waals surface area (Å²) in [6.45, 7) is 2.96. The van der Waals surface area contributed by atoms with Crippen molar-refractivity contribution in [2.24, 2.45) is 0 Å². The van der Waals surface area contributed by atoms with Crippen LogP contribution in [0.4, 0.5) is 4.39 Å². The Kier molecular flexibility index (Phi) is 3.26. The van der Waals surface area contributed by atoms with E-state index in [-0.39, 0.29) is 17.6 Å². The number of benzene rings is 1. The van der Waals surface area contributed by atoms with E-state index in [0.29, 0.717) is 36.7 Å². The Balaban J connectivity index is 1.65. The lowest BCUT2D eigenvalue weighted by molar-refractivity contribution is 0.0592. The Bertz CT molecular complexity index is 632. The summed E-state index contributed by atoms with van der Waals surface area (Å²) in [6, 6.07) is 6.70. The van der Waals surface area contributed by atoms with Crippen LogP contribution in [0.5, 0.6) is 0 Å². The third-order valence-corrected chi connectivity index (χ3v) is 3.59. The second-order valence-electron chi connectivity index (χ2n) is 4.91. The molecule has 0 unspecified atom stereocenters. The molecule has 0 spiro atoms. The van der Waals surface area contributed by atoms with Gasteiger partial charge in [-0.25, -0.2) is 9.37 Å². The van der Waals surface area contributed by atoms with Gasteiger partial charge in [0.25, 0.3) is 5.91 Å². The van der Waals surface area contributed by atoms with Crippen LogP contribution < -0.4 is 0 Å². The van der Waals surface area contributed by atoms with Gasteiger partial charge in [-0.05, 0) is 11.6 Å². The minimum atomic E-state index is -0.209. The predicted octanol–water partition coefficient (Wildman–Crippen LogP) is 2.62. The lowest BCUT2D eigenvalue weighted by Gasteiger charge is -2.39. The molecule has 2 heterocycles. The van der Waals surface area contributed by atoms with Crippen LogP contribution in [0.3, 0.4) is 0 Å². The molecule has 1 aliphatic rings. The van der Waals surface area contributed by atoms with Crippen LogP contribution in [0.25, 0.3) is 0 Å². The van der Waals surface area contributed by atoms with Crippen LogP contribution in [0.15, 0.2) is 34.9 Å². The summed E-state index contributed by atoms with van der Waals surface area (Å²) in [7, 11) is 0. The molecule has 0 bridgehead atoms. The zero-order valence-corrected chi connectivity index (χ0v) is 11.2. The monoisotopic (exact) mass is 274 g/mol. The fraction of sp³-hybridized carbons (Fsp3) is 0.333. The molecule has 4 nitrogen and oxygen atoms in total. The summed E-state index contributed by atoms with van der Waals surface area (Å²) in [5.74, 6) is 0.262. The van der Waals surface area contributed by atoms with Crippen molar-refractivity contribution < 1.29 is 13.6 Å². The van der Waals surface area contributed by atoms with Crippen LogP contribution in [-0.4, -0.2) is 28.9 Å². The fourth-order valence-corrected chi connectivity index (χ4v) is 2.38. The van der Waals surface area contributed by atoms with Gasteiger partial charge < -0.3 is 9.32 Å². The number of hydrogen-bond donors (Lipinski definition) is 0. The maximum absolute atomic E-state index is 13.6. The quantitative estimate of drug-likeness (QED) is 0.864. The number of amides is 1. The van der Waals surface area contributed by atoms with Gasteiger partial charge in [0, 0.05) is 25.4 Å². The number of hydrogen-bond acceptors (Lipinski definition) is 3. The second-order valence-corrected chi connectivity index (χ2v) is 4.91. The zero-order valence-electron chi connectivity index (χ0n) is 11.2. The Labute approximate surface area is 116 Å². The summed E-state index contributed by atoms with van der Waals surface area (Å²) >= 11 is 0. The zero-order chi connectivity index (χ0) is 14.1. The Morgan fingerprint density at radius 3 is 2.85 bits per heavy atom. The van der Waals surface area contributed by atoms with Gasteiger partial charge in [-0.2, -0.15) is 0 Å². The molecule has 3 rings (SSSR count). The van der Waals surface area contributed by atoms with Crippen molar-refractivity contribution in [2.45, 2.75) is 19.3 Å². The molecule has 0 radical (unpaired) electrons. The number of nitrogens with zero attached hydrogens (tertiary/aromatic N) is 2. The predicted molar refractivity (Wildman–Crippen MR) is 70.9 cm³/mol. The average Bonchev–Trinajstić information content (AvgIpc) is 2.88. The van der Waals surface area contributed by atoms with Crippen molar-refractivity contribution in [2.75, 3.05) is 13.1 Å². The number of halogens is 1. The van der Waals surface area contributed by atoms with Crippen molar-refractivity contribution in [3.05, 3.63) is 53.5 Å². The number of carbonyl (C=O) groups is 1. The largest absolute Gasteiger partial charge is 0.448 e. The first-order valence-electron chi connectivity index (χ1n) is 6.67. The van der Waals surface area contributed by atoms with E-state index >= 15 is 0 Å². The van der Waals surface area contributed by atoms with E-state index in [1.54, 1.807) is 17.0 Å². The maximum atomic E-state index is 13.6. The molecule has 104 valence electrons. The molecule has 0 N–H and O–H groups in total. The van der Waals surface area contributed by atoms with Crippen LogP contribution in [0.2, 0.25) is 0 Å². The Hall–Kier alpha value is -2.17. The standard InChI is InChI=1S/C15H15FN2O2/c1-2-14-17-13(9-20-14)15(19)18-7-10(8-18)11-5-3-4-6-12(11)16/h3-6,9-10H,2,7-8H2,1H3. The molecular weight excluding hydrogens is 259 g/mol. The van der Waals surface area contributed by atoms with Crippen molar-refractivity contribution in [3.63, 3.8) is 0 Å². The van der Waals surface area contributed by atoms with Crippen LogP contribution in [-0.2, 0) is 6.42 Å². The molecule has 1 aromatic carbocycles. The maximum Gasteiger partial charge on any atom is 0.275 e. The van der Waals surface area contributed by atoms with Crippen molar-refractivity contribution >= 4 is 5.91 Å². The fourth-order valence-electron chi connectivity index (χ4n) is 2.38. The smallest absolute Gasteiger partial charge is 0.275 e. The molecule has 0 aliphatic carbocycles. The van der Waals surface area contributed by atoms with Gasteiger partial charge in [0.2, 0.25) is 0 Å². The third-order valence-electron chi connectivity index (χ3n) is 3.59. The normalized spacial score (nSPS) is 15.2. The second kappa shape index (κ2) is 5.07.